The molecule has 0 aliphatic heterocycles. The fourth-order valence-electron chi connectivity index (χ4n) is 4.51. The minimum absolute atomic E-state index is 0.0844. The zero-order valence-electron chi connectivity index (χ0n) is 14.7. The van der Waals surface area contributed by atoms with E-state index in [-0.39, 0.29) is 24.6 Å². The molecule has 25 heavy (non-hydrogen) atoms. The number of ketones is 2. The fraction of sp³-hybridized carbons (Fsp3) is 0.737. The summed E-state index contributed by atoms with van der Waals surface area (Å²) >= 11 is 0. The molecule has 2 aliphatic carbocycles. The number of allylic oxidation sites excluding steroid dienone is 2. The molecule has 0 radical (unpaired) electrons. The average Bonchev–Trinajstić information content (AvgIpc) is 2.59. The molecule has 1 saturated carbocycles. The number of aliphatic hydroxyl groups excluding tert-OH is 2. The molecule has 3 N–H and O–H groups in total. The third-order valence-corrected chi connectivity index (χ3v) is 5.67. The first-order valence-corrected chi connectivity index (χ1v) is 9.26. The highest BCUT2D eigenvalue weighted by Gasteiger charge is 2.52. The van der Waals surface area contributed by atoms with E-state index >= 15 is 0 Å². The monoisotopic (exact) mass is 352 g/mol. The summed E-state index contributed by atoms with van der Waals surface area (Å²) < 4.78 is 0. The number of aliphatic carboxylic acids is 1. The summed E-state index contributed by atoms with van der Waals surface area (Å²) in [6.07, 6.45) is 4.48. The highest BCUT2D eigenvalue weighted by molar-refractivity contribution is 6.00. The smallest absolute Gasteiger partial charge is 0.306 e. The van der Waals surface area contributed by atoms with E-state index in [9.17, 15) is 29.7 Å². The van der Waals surface area contributed by atoms with Gasteiger partial charge in [-0.3, -0.25) is 14.4 Å². The molecule has 2 aliphatic rings. The van der Waals surface area contributed by atoms with Gasteiger partial charge < -0.3 is 15.3 Å². The molecule has 6 nitrogen and oxygen atoms in total. The van der Waals surface area contributed by atoms with Crippen molar-refractivity contribution < 1.29 is 29.7 Å². The van der Waals surface area contributed by atoms with Gasteiger partial charge in [0.05, 0.1) is 5.92 Å². The Morgan fingerprint density at radius 2 is 1.92 bits per heavy atom. The van der Waals surface area contributed by atoms with Crippen LogP contribution in [-0.2, 0) is 14.4 Å². The number of rotatable bonds is 8. The fourth-order valence-corrected chi connectivity index (χ4v) is 4.51. The van der Waals surface area contributed by atoms with Gasteiger partial charge in [-0.25, -0.2) is 0 Å². The van der Waals surface area contributed by atoms with E-state index in [0.29, 0.717) is 31.3 Å². The molecule has 4 atom stereocenters. The van der Waals surface area contributed by atoms with Gasteiger partial charge in [0, 0.05) is 24.9 Å². The molecule has 0 aromatic carbocycles. The van der Waals surface area contributed by atoms with Gasteiger partial charge in [-0.05, 0) is 37.2 Å². The topological polar surface area (TPSA) is 112 Å². The summed E-state index contributed by atoms with van der Waals surface area (Å²) in [7, 11) is 0. The summed E-state index contributed by atoms with van der Waals surface area (Å²) in [6.45, 7) is 1.72. The Balaban J connectivity index is 2.46. The molecule has 1 fully saturated rings. The molecule has 0 aromatic heterocycles. The lowest BCUT2D eigenvalue weighted by Gasteiger charge is -2.43. The second-order valence-electron chi connectivity index (χ2n) is 7.17. The van der Waals surface area contributed by atoms with Crippen molar-refractivity contribution in [3.05, 3.63) is 11.3 Å². The third-order valence-electron chi connectivity index (χ3n) is 5.67. The molecule has 0 saturated heterocycles. The highest BCUT2D eigenvalue weighted by atomic mass is 16.4. The predicted molar refractivity (Wildman–Crippen MR) is 91.0 cm³/mol. The van der Waals surface area contributed by atoms with Crippen LogP contribution >= 0.6 is 0 Å². The summed E-state index contributed by atoms with van der Waals surface area (Å²) in [6, 6.07) is 0. The van der Waals surface area contributed by atoms with Crippen molar-refractivity contribution >= 4 is 17.5 Å². The van der Waals surface area contributed by atoms with Gasteiger partial charge in [-0.1, -0.05) is 26.2 Å². The number of carbonyl (C=O) groups excluding carboxylic acids is 2. The Bertz CT molecular complexity index is 564. The van der Waals surface area contributed by atoms with Crippen LogP contribution in [0.5, 0.6) is 0 Å². The van der Waals surface area contributed by atoms with Gasteiger partial charge in [0.25, 0.3) is 0 Å². The number of aliphatic hydroxyl groups is 2. The zero-order valence-corrected chi connectivity index (χ0v) is 14.7. The Hall–Kier alpha value is -1.69. The van der Waals surface area contributed by atoms with E-state index in [1.165, 1.54) is 0 Å². The van der Waals surface area contributed by atoms with Gasteiger partial charge in [0.15, 0.2) is 11.5 Å². The molecule has 0 bridgehead atoms. The van der Waals surface area contributed by atoms with Crippen molar-refractivity contribution in [1.82, 2.24) is 0 Å². The van der Waals surface area contributed by atoms with Gasteiger partial charge >= 0.3 is 5.97 Å². The number of carbonyl (C=O) groups is 3. The van der Waals surface area contributed by atoms with Gasteiger partial charge in [0.1, 0.15) is 5.78 Å². The first-order chi connectivity index (χ1) is 11.9. The predicted octanol–water partition coefficient (Wildman–Crippen LogP) is 2.65. The van der Waals surface area contributed by atoms with Crippen LogP contribution in [0.1, 0.15) is 58.3 Å². The summed E-state index contributed by atoms with van der Waals surface area (Å²) in [5, 5.41) is 29.2. The summed E-state index contributed by atoms with van der Waals surface area (Å²) in [5.41, 5.74) is 0.395. The van der Waals surface area contributed by atoms with Crippen molar-refractivity contribution in [2.24, 2.45) is 23.7 Å². The van der Waals surface area contributed by atoms with Crippen molar-refractivity contribution in [2.45, 2.75) is 58.3 Å². The molecule has 0 heterocycles. The maximum atomic E-state index is 12.7. The zero-order chi connectivity index (χ0) is 18.6. The standard InChI is InChI=1S/C19H28O6/c1-2-3-4-6-12-16(14(21)9-10-20)15-11(17(22)18(12)23)7-5-8-13(15)19(24)25/h11,13,15-16,20,23H,2-10H2,1H3,(H,24,25)/t11?,13-,15-,16?/m0/s1. The van der Waals surface area contributed by atoms with E-state index in [2.05, 4.69) is 0 Å². The minimum Gasteiger partial charge on any atom is -0.504 e. The molecule has 0 spiro atoms. The Labute approximate surface area is 147 Å². The Kier molecular flexibility index (Phi) is 6.76. The van der Waals surface area contributed by atoms with Crippen LogP contribution in [0.3, 0.4) is 0 Å². The first kappa shape index (κ1) is 19.6. The van der Waals surface area contributed by atoms with E-state index in [0.717, 1.165) is 19.3 Å². The van der Waals surface area contributed by atoms with Gasteiger partial charge in [0.2, 0.25) is 0 Å². The average molecular weight is 352 g/mol. The van der Waals surface area contributed by atoms with E-state index < -0.39 is 35.4 Å². The van der Waals surface area contributed by atoms with Crippen LogP contribution in [0.25, 0.3) is 0 Å². The number of hydrogen-bond acceptors (Lipinski definition) is 5. The maximum Gasteiger partial charge on any atom is 0.306 e. The molecule has 6 heteroatoms. The molecular weight excluding hydrogens is 324 g/mol. The van der Waals surface area contributed by atoms with Crippen molar-refractivity contribution in [3.8, 4) is 0 Å². The van der Waals surface area contributed by atoms with Crippen molar-refractivity contribution in [1.29, 1.82) is 0 Å². The van der Waals surface area contributed by atoms with Crippen LogP contribution in [-0.4, -0.2) is 39.5 Å². The second kappa shape index (κ2) is 8.61. The lowest BCUT2D eigenvalue weighted by molar-refractivity contribution is -0.150. The lowest BCUT2D eigenvalue weighted by Crippen LogP contribution is -2.48. The van der Waals surface area contributed by atoms with Crippen LogP contribution in [0.15, 0.2) is 11.3 Å². The highest BCUT2D eigenvalue weighted by Crippen LogP contribution is 2.49. The van der Waals surface area contributed by atoms with Crippen LogP contribution in [0.2, 0.25) is 0 Å². The Morgan fingerprint density at radius 3 is 2.52 bits per heavy atom. The van der Waals surface area contributed by atoms with Crippen LogP contribution < -0.4 is 0 Å². The molecule has 140 valence electrons. The van der Waals surface area contributed by atoms with Crippen molar-refractivity contribution in [3.63, 3.8) is 0 Å². The molecule has 2 unspecified atom stereocenters. The van der Waals surface area contributed by atoms with Gasteiger partial charge in [-0.2, -0.15) is 0 Å². The van der Waals surface area contributed by atoms with Gasteiger partial charge in [-0.15, -0.1) is 0 Å². The SMILES string of the molecule is CCCCCC1=C(O)C(=O)C2CCC[C@H](C(=O)O)[C@H]2C1C(=O)CCO. The van der Waals surface area contributed by atoms with E-state index in [1.54, 1.807) is 0 Å². The normalized spacial score (nSPS) is 29.4. The number of carboxylic acid groups (broad SMARTS) is 1. The molecule has 2 rings (SSSR count). The van der Waals surface area contributed by atoms with Crippen LogP contribution in [0.4, 0.5) is 0 Å². The Morgan fingerprint density at radius 1 is 1.20 bits per heavy atom. The third kappa shape index (κ3) is 3.94. The molecule has 0 aromatic rings. The van der Waals surface area contributed by atoms with E-state index in [4.69, 9.17) is 0 Å². The number of fused-ring (bicyclic) bond motifs is 1. The minimum atomic E-state index is -0.987. The largest absolute Gasteiger partial charge is 0.504 e. The quantitative estimate of drug-likeness (QED) is 0.579. The number of Topliss-reactive ketones (excluding diaryl/α,β-unsaturated/α-hetero) is 2. The maximum absolute atomic E-state index is 12.7. The summed E-state index contributed by atoms with van der Waals surface area (Å²) in [5.74, 6) is -4.74. The second-order valence-corrected chi connectivity index (χ2v) is 7.17. The number of carboxylic acids is 1. The molecular formula is C19H28O6. The number of hydrogen-bond donors (Lipinski definition) is 3. The first-order valence-electron chi connectivity index (χ1n) is 9.26. The number of unbranched alkanes of at least 4 members (excludes halogenated alkanes) is 2. The summed E-state index contributed by atoms with van der Waals surface area (Å²) in [4.78, 5) is 37.1. The van der Waals surface area contributed by atoms with Crippen LogP contribution in [0, 0.1) is 23.7 Å². The molecule has 0 amide bonds. The lowest BCUT2D eigenvalue weighted by atomic mass is 9.58. The van der Waals surface area contributed by atoms with Crippen molar-refractivity contribution in [2.75, 3.05) is 6.61 Å². The van der Waals surface area contributed by atoms with E-state index in [1.807, 2.05) is 6.92 Å².